The van der Waals surface area contributed by atoms with Gasteiger partial charge in [0.1, 0.15) is 0 Å². The van der Waals surface area contributed by atoms with Gasteiger partial charge in [-0.05, 0) is 24.5 Å². The molecule has 1 nitrogen and oxygen atoms in total. The highest BCUT2D eigenvalue weighted by Gasteiger charge is 1.76. The summed E-state index contributed by atoms with van der Waals surface area (Å²) in [6.07, 6.45) is 1.74. The maximum atomic E-state index is 3.80. The van der Waals surface area contributed by atoms with Gasteiger partial charge in [0.05, 0.1) is 0 Å². The van der Waals surface area contributed by atoms with Crippen LogP contribution < -0.4 is 0 Å². The summed E-state index contributed by atoms with van der Waals surface area (Å²) >= 11 is 1.42. The zero-order valence-electron chi connectivity index (χ0n) is 3.22. The highest BCUT2D eigenvalue weighted by Crippen LogP contribution is 1.98. The Balaban J connectivity index is 3.05. The lowest BCUT2D eigenvalue weighted by atomic mass is 10.6. The van der Waals surface area contributed by atoms with Crippen molar-refractivity contribution >= 4 is 11.5 Å². The van der Waals surface area contributed by atoms with Crippen molar-refractivity contribution in [3.8, 4) is 0 Å². The van der Waals surface area contributed by atoms with E-state index in [0.717, 1.165) is 4.88 Å². The smallest absolute Gasteiger partial charge is 0.0409 e. The minimum Gasteiger partial charge on any atom is -0.201 e. The summed E-state index contributed by atoms with van der Waals surface area (Å²) in [5.74, 6) is 0. The molecule has 0 bridgehead atoms. The second-order valence-corrected chi connectivity index (χ2v) is 1.90. The minimum absolute atomic E-state index is 1.02. The summed E-state index contributed by atoms with van der Waals surface area (Å²) in [7, 11) is 0. The van der Waals surface area contributed by atoms with E-state index < -0.39 is 0 Å². The SMILES string of the molecule is [CH2]c1ccns1. The molecule has 0 aliphatic rings. The largest absolute Gasteiger partial charge is 0.201 e. The Morgan fingerprint density at radius 3 is 2.83 bits per heavy atom. The van der Waals surface area contributed by atoms with Crippen molar-refractivity contribution in [2.75, 3.05) is 0 Å². The zero-order valence-corrected chi connectivity index (χ0v) is 4.03. The van der Waals surface area contributed by atoms with Gasteiger partial charge in [0.15, 0.2) is 0 Å². The van der Waals surface area contributed by atoms with Gasteiger partial charge < -0.3 is 0 Å². The van der Waals surface area contributed by atoms with Gasteiger partial charge in [-0.15, -0.1) is 0 Å². The van der Waals surface area contributed by atoms with Gasteiger partial charge in [-0.3, -0.25) is 0 Å². The molecule has 0 aliphatic heterocycles. The number of hydrogen-bond donors (Lipinski definition) is 0. The summed E-state index contributed by atoms with van der Waals surface area (Å²) in [6, 6.07) is 1.88. The third-order valence-corrected chi connectivity index (χ3v) is 1.09. The molecule has 1 aromatic rings. The fourth-order valence-electron chi connectivity index (χ4n) is 0.242. The monoisotopic (exact) mass is 98.0 g/mol. The van der Waals surface area contributed by atoms with Crippen molar-refractivity contribution in [3.05, 3.63) is 24.1 Å². The molecule has 0 aliphatic carbocycles. The van der Waals surface area contributed by atoms with E-state index in [0.29, 0.717) is 0 Å². The molecular formula is C4H4NS. The molecule has 1 rings (SSSR count). The average Bonchev–Trinajstić information content (AvgIpc) is 1.86. The Morgan fingerprint density at radius 2 is 2.67 bits per heavy atom. The molecule has 6 heavy (non-hydrogen) atoms. The van der Waals surface area contributed by atoms with E-state index in [1.807, 2.05) is 6.07 Å². The Labute approximate surface area is 40.8 Å². The van der Waals surface area contributed by atoms with E-state index in [9.17, 15) is 0 Å². The number of nitrogens with zero attached hydrogens (tertiary/aromatic N) is 1. The molecule has 1 radical (unpaired) electrons. The summed E-state index contributed by atoms with van der Waals surface area (Å²) in [6.45, 7) is 3.64. The van der Waals surface area contributed by atoms with Crippen LogP contribution in [0.15, 0.2) is 12.3 Å². The van der Waals surface area contributed by atoms with Crippen LogP contribution in [-0.4, -0.2) is 4.37 Å². The van der Waals surface area contributed by atoms with Gasteiger partial charge in [-0.25, -0.2) is 4.37 Å². The molecule has 0 aromatic carbocycles. The van der Waals surface area contributed by atoms with Crippen LogP contribution in [0.5, 0.6) is 0 Å². The van der Waals surface area contributed by atoms with Gasteiger partial charge >= 0.3 is 0 Å². The van der Waals surface area contributed by atoms with E-state index in [4.69, 9.17) is 0 Å². The van der Waals surface area contributed by atoms with Crippen LogP contribution in [-0.2, 0) is 0 Å². The topological polar surface area (TPSA) is 12.9 Å². The third-order valence-electron chi connectivity index (χ3n) is 0.491. The zero-order chi connectivity index (χ0) is 4.41. The van der Waals surface area contributed by atoms with Gasteiger partial charge in [-0.1, -0.05) is 0 Å². The Hall–Kier alpha value is -0.370. The Morgan fingerprint density at radius 1 is 1.83 bits per heavy atom. The molecule has 0 saturated heterocycles. The molecule has 0 saturated carbocycles. The maximum Gasteiger partial charge on any atom is 0.0409 e. The fraction of sp³-hybridized carbons (Fsp3) is 0. The first-order chi connectivity index (χ1) is 2.89. The van der Waals surface area contributed by atoms with E-state index in [-0.39, 0.29) is 0 Å². The van der Waals surface area contributed by atoms with Crippen LogP contribution in [0.25, 0.3) is 0 Å². The van der Waals surface area contributed by atoms with Crippen LogP contribution in [0.4, 0.5) is 0 Å². The average molecular weight is 98.2 g/mol. The summed E-state index contributed by atoms with van der Waals surface area (Å²) in [5.41, 5.74) is 0. The molecule has 31 valence electrons. The van der Waals surface area contributed by atoms with Crippen molar-refractivity contribution in [2.24, 2.45) is 0 Å². The second-order valence-electron chi connectivity index (χ2n) is 0.979. The highest BCUT2D eigenvalue weighted by atomic mass is 32.1. The summed E-state index contributed by atoms with van der Waals surface area (Å²) in [4.78, 5) is 1.02. The van der Waals surface area contributed by atoms with E-state index in [1.165, 1.54) is 11.5 Å². The van der Waals surface area contributed by atoms with Crippen LogP contribution in [0.2, 0.25) is 0 Å². The van der Waals surface area contributed by atoms with Crippen molar-refractivity contribution in [1.82, 2.24) is 4.37 Å². The normalized spacial score (nSPS) is 8.83. The van der Waals surface area contributed by atoms with Crippen molar-refractivity contribution in [2.45, 2.75) is 0 Å². The Kier molecular flexibility index (Phi) is 0.881. The number of rotatable bonds is 0. The maximum absolute atomic E-state index is 3.80. The van der Waals surface area contributed by atoms with E-state index in [1.54, 1.807) is 6.20 Å². The summed E-state index contributed by atoms with van der Waals surface area (Å²) in [5, 5.41) is 0. The lowest BCUT2D eigenvalue weighted by Gasteiger charge is -1.62. The van der Waals surface area contributed by atoms with Crippen LogP contribution in [0.1, 0.15) is 4.88 Å². The third kappa shape index (κ3) is 0.571. The number of hydrogen-bond acceptors (Lipinski definition) is 2. The van der Waals surface area contributed by atoms with Gasteiger partial charge in [0.25, 0.3) is 0 Å². The predicted octanol–water partition coefficient (Wildman–Crippen LogP) is 1.33. The van der Waals surface area contributed by atoms with Crippen molar-refractivity contribution in [3.63, 3.8) is 0 Å². The molecule has 0 unspecified atom stereocenters. The van der Waals surface area contributed by atoms with Crippen molar-refractivity contribution < 1.29 is 0 Å². The standard InChI is InChI=1S/C4H4NS/c1-4-2-3-5-6-4/h2-3H,1H2. The van der Waals surface area contributed by atoms with E-state index >= 15 is 0 Å². The highest BCUT2D eigenvalue weighted by molar-refractivity contribution is 7.05. The first kappa shape index (κ1) is 3.81. The lowest BCUT2D eigenvalue weighted by Crippen LogP contribution is -1.43. The van der Waals surface area contributed by atoms with E-state index in [2.05, 4.69) is 11.3 Å². The van der Waals surface area contributed by atoms with Gasteiger partial charge in [0.2, 0.25) is 0 Å². The van der Waals surface area contributed by atoms with Crippen LogP contribution >= 0.6 is 11.5 Å². The molecule has 0 fully saturated rings. The quantitative estimate of drug-likeness (QED) is 0.477. The summed E-state index contributed by atoms with van der Waals surface area (Å²) < 4.78 is 3.80. The molecule has 0 spiro atoms. The second kappa shape index (κ2) is 1.39. The first-order valence-electron chi connectivity index (χ1n) is 1.62. The minimum atomic E-state index is 1.02. The first-order valence-corrected chi connectivity index (χ1v) is 2.39. The molecule has 1 aromatic heterocycles. The van der Waals surface area contributed by atoms with Gasteiger partial charge in [0, 0.05) is 11.1 Å². The van der Waals surface area contributed by atoms with Gasteiger partial charge in [-0.2, -0.15) is 0 Å². The molecule has 2 heteroatoms. The fourth-order valence-corrected chi connectivity index (χ4v) is 0.621. The van der Waals surface area contributed by atoms with Crippen LogP contribution in [0.3, 0.4) is 0 Å². The predicted molar refractivity (Wildman–Crippen MR) is 26.6 cm³/mol. The van der Waals surface area contributed by atoms with Crippen molar-refractivity contribution in [1.29, 1.82) is 0 Å². The Bertz CT molecular complexity index is 111. The molecular weight excluding hydrogens is 94.1 g/mol. The number of aromatic nitrogens is 1. The molecule has 0 atom stereocenters. The molecule has 0 amide bonds. The van der Waals surface area contributed by atoms with Crippen LogP contribution in [0, 0.1) is 6.92 Å². The lowest BCUT2D eigenvalue weighted by molar-refractivity contribution is 1.58. The molecule has 1 heterocycles. The molecule has 0 N–H and O–H groups in total.